The molecule has 0 radical (unpaired) electrons. The summed E-state index contributed by atoms with van der Waals surface area (Å²) in [5, 5.41) is 0. The molecular formula is C10H13N3O2. The fraction of sp³-hybridized carbons (Fsp3) is 0.300. The van der Waals surface area contributed by atoms with Crippen molar-refractivity contribution in [1.82, 2.24) is 9.88 Å². The molecule has 80 valence electrons. The summed E-state index contributed by atoms with van der Waals surface area (Å²) in [6, 6.07) is 5.18. The van der Waals surface area contributed by atoms with Crippen LogP contribution in [-0.4, -0.2) is 35.7 Å². The van der Waals surface area contributed by atoms with Crippen LogP contribution >= 0.6 is 0 Å². The highest BCUT2D eigenvalue weighted by atomic mass is 16.1. The molecule has 0 aliphatic rings. The van der Waals surface area contributed by atoms with Gasteiger partial charge in [0.25, 0.3) is 0 Å². The van der Waals surface area contributed by atoms with Gasteiger partial charge in [-0.05, 0) is 19.2 Å². The van der Waals surface area contributed by atoms with Crippen molar-refractivity contribution >= 4 is 12.2 Å². The molecule has 0 bridgehead atoms. The molecule has 5 heteroatoms. The van der Waals surface area contributed by atoms with Gasteiger partial charge in [0, 0.05) is 6.54 Å². The Morgan fingerprint density at radius 2 is 2.33 bits per heavy atom. The van der Waals surface area contributed by atoms with E-state index in [1.807, 2.05) is 0 Å². The number of rotatable bonds is 5. The normalized spacial score (nSPS) is 10.3. The van der Waals surface area contributed by atoms with Gasteiger partial charge in [0.2, 0.25) is 5.91 Å². The van der Waals surface area contributed by atoms with E-state index in [-0.39, 0.29) is 12.5 Å². The Labute approximate surface area is 87.9 Å². The minimum atomic E-state index is -0.385. The Kier molecular flexibility index (Phi) is 3.93. The molecule has 0 saturated carbocycles. The van der Waals surface area contributed by atoms with Crippen LogP contribution in [0.15, 0.2) is 18.2 Å². The molecule has 1 amide bonds. The predicted octanol–water partition coefficient (Wildman–Crippen LogP) is -0.189. The molecule has 1 aromatic heterocycles. The Balaban J connectivity index is 2.63. The third-order valence-corrected chi connectivity index (χ3v) is 1.81. The predicted molar refractivity (Wildman–Crippen MR) is 55.2 cm³/mol. The standard InChI is InChI=1S/C10H13N3O2/c1-13(6-10(11)15)5-8-3-2-4-9(7-14)12-8/h2-4,7H,5-6H2,1H3,(H2,11,15). The lowest BCUT2D eigenvalue weighted by atomic mass is 10.3. The maximum absolute atomic E-state index is 10.6. The van der Waals surface area contributed by atoms with Crippen LogP contribution in [0.4, 0.5) is 0 Å². The van der Waals surface area contributed by atoms with E-state index >= 15 is 0 Å². The van der Waals surface area contributed by atoms with Crippen LogP contribution in [0.2, 0.25) is 0 Å². The minimum Gasteiger partial charge on any atom is -0.369 e. The average Bonchev–Trinajstić information content (AvgIpc) is 2.16. The molecule has 0 unspecified atom stereocenters. The second-order valence-electron chi connectivity index (χ2n) is 3.31. The van der Waals surface area contributed by atoms with Crippen LogP contribution in [-0.2, 0) is 11.3 Å². The van der Waals surface area contributed by atoms with Crippen molar-refractivity contribution in [2.24, 2.45) is 5.73 Å². The van der Waals surface area contributed by atoms with E-state index in [9.17, 15) is 9.59 Å². The molecule has 15 heavy (non-hydrogen) atoms. The molecule has 0 aliphatic heterocycles. The van der Waals surface area contributed by atoms with Gasteiger partial charge in [0.1, 0.15) is 5.69 Å². The van der Waals surface area contributed by atoms with Crippen LogP contribution in [0.1, 0.15) is 16.2 Å². The molecular weight excluding hydrogens is 194 g/mol. The molecule has 0 atom stereocenters. The number of carbonyl (C=O) groups excluding carboxylic acids is 2. The summed E-state index contributed by atoms with van der Waals surface area (Å²) in [6.45, 7) is 0.664. The minimum absolute atomic E-state index is 0.174. The zero-order valence-electron chi connectivity index (χ0n) is 8.51. The Hall–Kier alpha value is -1.75. The third-order valence-electron chi connectivity index (χ3n) is 1.81. The number of aldehydes is 1. The van der Waals surface area contributed by atoms with Crippen LogP contribution < -0.4 is 5.73 Å². The van der Waals surface area contributed by atoms with E-state index in [0.717, 1.165) is 5.69 Å². The lowest BCUT2D eigenvalue weighted by molar-refractivity contribution is -0.118. The molecule has 2 N–H and O–H groups in total. The van der Waals surface area contributed by atoms with E-state index in [2.05, 4.69) is 4.98 Å². The summed E-state index contributed by atoms with van der Waals surface area (Å²) in [5.41, 5.74) is 6.17. The molecule has 5 nitrogen and oxygen atoms in total. The van der Waals surface area contributed by atoms with Crippen molar-refractivity contribution in [3.63, 3.8) is 0 Å². The van der Waals surface area contributed by atoms with Gasteiger partial charge in [0.15, 0.2) is 6.29 Å². The number of hydrogen-bond donors (Lipinski definition) is 1. The second-order valence-corrected chi connectivity index (χ2v) is 3.31. The SMILES string of the molecule is CN(CC(N)=O)Cc1cccc(C=O)n1. The maximum Gasteiger partial charge on any atom is 0.231 e. The van der Waals surface area contributed by atoms with Crippen molar-refractivity contribution in [2.75, 3.05) is 13.6 Å². The number of aromatic nitrogens is 1. The van der Waals surface area contributed by atoms with Crippen molar-refractivity contribution < 1.29 is 9.59 Å². The monoisotopic (exact) mass is 207 g/mol. The highest BCUT2D eigenvalue weighted by Crippen LogP contribution is 2.00. The zero-order valence-corrected chi connectivity index (χ0v) is 8.51. The van der Waals surface area contributed by atoms with E-state index in [1.165, 1.54) is 0 Å². The summed E-state index contributed by atoms with van der Waals surface area (Å²) in [5.74, 6) is -0.385. The van der Waals surface area contributed by atoms with Gasteiger partial charge in [-0.2, -0.15) is 0 Å². The number of amides is 1. The Morgan fingerprint density at radius 1 is 1.60 bits per heavy atom. The Morgan fingerprint density at radius 3 is 2.93 bits per heavy atom. The number of hydrogen-bond acceptors (Lipinski definition) is 4. The lowest BCUT2D eigenvalue weighted by Gasteiger charge is -2.13. The summed E-state index contributed by atoms with van der Waals surface area (Å²) >= 11 is 0. The van der Waals surface area contributed by atoms with Crippen LogP contribution in [0, 0.1) is 0 Å². The van der Waals surface area contributed by atoms with Gasteiger partial charge in [-0.25, -0.2) is 4.98 Å². The van der Waals surface area contributed by atoms with Gasteiger partial charge < -0.3 is 5.73 Å². The summed E-state index contributed by atoms with van der Waals surface area (Å²) < 4.78 is 0. The first-order valence-corrected chi connectivity index (χ1v) is 4.50. The summed E-state index contributed by atoms with van der Waals surface area (Å²) in [7, 11) is 1.76. The summed E-state index contributed by atoms with van der Waals surface area (Å²) in [4.78, 5) is 26.9. The first-order valence-electron chi connectivity index (χ1n) is 4.50. The molecule has 0 fully saturated rings. The maximum atomic E-state index is 10.6. The topological polar surface area (TPSA) is 76.3 Å². The quantitative estimate of drug-likeness (QED) is 0.679. The smallest absolute Gasteiger partial charge is 0.231 e. The van der Waals surface area contributed by atoms with E-state index in [4.69, 9.17) is 5.73 Å². The highest BCUT2D eigenvalue weighted by Gasteiger charge is 2.04. The molecule has 0 saturated heterocycles. The van der Waals surface area contributed by atoms with E-state index < -0.39 is 0 Å². The molecule has 0 aliphatic carbocycles. The number of carbonyl (C=O) groups is 2. The van der Waals surface area contributed by atoms with Gasteiger partial charge in [-0.15, -0.1) is 0 Å². The average molecular weight is 207 g/mol. The van der Waals surface area contributed by atoms with E-state index in [0.29, 0.717) is 18.5 Å². The number of likely N-dealkylation sites (N-methyl/N-ethyl adjacent to an activating group) is 1. The van der Waals surface area contributed by atoms with Crippen LogP contribution in [0.3, 0.4) is 0 Å². The van der Waals surface area contributed by atoms with Crippen LogP contribution in [0.25, 0.3) is 0 Å². The first-order chi connectivity index (χ1) is 7.11. The third kappa shape index (κ3) is 3.86. The number of nitrogens with two attached hydrogens (primary N) is 1. The molecule has 1 aromatic rings. The number of nitrogens with zero attached hydrogens (tertiary/aromatic N) is 2. The fourth-order valence-electron chi connectivity index (χ4n) is 1.25. The number of primary amides is 1. The molecule has 0 spiro atoms. The van der Waals surface area contributed by atoms with E-state index in [1.54, 1.807) is 30.1 Å². The van der Waals surface area contributed by atoms with Crippen molar-refractivity contribution in [1.29, 1.82) is 0 Å². The zero-order chi connectivity index (χ0) is 11.3. The largest absolute Gasteiger partial charge is 0.369 e. The van der Waals surface area contributed by atoms with Crippen LogP contribution in [0.5, 0.6) is 0 Å². The number of pyridine rings is 1. The fourth-order valence-corrected chi connectivity index (χ4v) is 1.25. The second kappa shape index (κ2) is 5.21. The lowest BCUT2D eigenvalue weighted by Crippen LogP contribution is -2.30. The summed E-state index contributed by atoms with van der Waals surface area (Å²) in [6.07, 6.45) is 0.692. The molecule has 1 rings (SSSR count). The van der Waals surface area contributed by atoms with Gasteiger partial charge in [0.05, 0.1) is 12.2 Å². The Bertz CT molecular complexity index is 365. The first kappa shape index (κ1) is 11.3. The van der Waals surface area contributed by atoms with Crippen molar-refractivity contribution in [3.05, 3.63) is 29.6 Å². The van der Waals surface area contributed by atoms with Gasteiger partial charge in [-0.3, -0.25) is 14.5 Å². The van der Waals surface area contributed by atoms with Gasteiger partial charge >= 0.3 is 0 Å². The molecule has 0 aromatic carbocycles. The van der Waals surface area contributed by atoms with Crippen molar-refractivity contribution in [3.8, 4) is 0 Å². The van der Waals surface area contributed by atoms with Crippen molar-refractivity contribution in [2.45, 2.75) is 6.54 Å². The van der Waals surface area contributed by atoms with Gasteiger partial charge in [-0.1, -0.05) is 6.07 Å². The molecule has 1 heterocycles. The highest BCUT2D eigenvalue weighted by molar-refractivity contribution is 5.75.